The highest BCUT2D eigenvalue weighted by Crippen LogP contribution is 2.04. The maximum absolute atomic E-state index is 10.7. The number of hydrogen-bond acceptors (Lipinski definition) is 2. The van der Waals surface area contributed by atoms with E-state index >= 15 is 0 Å². The molecule has 0 spiro atoms. The molecule has 0 rings (SSSR count). The third-order valence-electron chi connectivity index (χ3n) is 1.61. The Morgan fingerprint density at radius 1 is 1.42 bits per heavy atom. The van der Waals surface area contributed by atoms with Gasteiger partial charge in [0, 0.05) is 19.4 Å². The zero-order valence-corrected chi connectivity index (χ0v) is 7.76. The Labute approximate surface area is 72.5 Å². The summed E-state index contributed by atoms with van der Waals surface area (Å²) in [7, 11) is 0. The highest BCUT2D eigenvalue weighted by molar-refractivity contribution is 5.77. The fraction of sp³-hybridized carbons (Fsp3) is 0.750. The molecule has 0 aromatic carbocycles. The third-order valence-corrected chi connectivity index (χ3v) is 1.61. The van der Waals surface area contributed by atoms with E-state index in [-0.39, 0.29) is 30.2 Å². The Bertz CT molecular complexity index is 162. The summed E-state index contributed by atoms with van der Waals surface area (Å²) in [6.07, 6.45) is 0.206. The summed E-state index contributed by atoms with van der Waals surface area (Å²) in [6.45, 7) is 5.30. The molecule has 0 fully saturated rings. The van der Waals surface area contributed by atoms with Gasteiger partial charge in [-0.2, -0.15) is 0 Å². The van der Waals surface area contributed by atoms with Gasteiger partial charge in [-0.3, -0.25) is 9.59 Å². The van der Waals surface area contributed by atoms with E-state index in [4.69, 9.17) is 5.73 Å². The molecule has 0 aliphatic carbocycles. The van der Waals surface area contributed by atoms with Gasteiger partial charge in [0.15, 0.2) is 0 Å². The maximum atomic E-state index is 10.7. The zero-order valence-electron chi connectivity index (χ0n) is 7.76. The molecule has 0 radical (unpaired) electrons. The molecular formula is C8H16N2O2. The second kappa shape index (κ2) is 4.74. The van der Waals surface area contributed by atoms with E-state index in [0.29, 0.717) is 0 Å². The van der Waals surface area contributed by atoms with Crippen molar-refractivity contribution in [2.75, 3.05) is 0 Å². The Morgan fingerprint density at radius 3 is 2.17 bits per heavy atom. The van der Waals surface area contributed by atoms with Gasteiger partial charge in [-0.05, 0) is 5.92 Å². The molecule has 0 saturated heterocycles. The fourth-order valence-electron chi connectivity index (χ4n) is 0.931. The molecule has 0 aromatic heterocycles. The Morgan fingerprint density at radius 2 is 1.92 bits per heavy atom. The standard InChI is InChI=1S/C8H16N2O2/c1-5(2)7(4-8(9)12)10-6(3)11/h5,7H,4H2,1-3H3,(H2,9,12)(H,10,11). The molecule has 4 nitrogen and oxygen atoms in total. The van der Waals surface area contributed by atoms with Crippen LogP contribution in [-0.2, 0) is 9.59 Å². The van der Waals surface area contributed by atoms with E-state index in [1.54, 1.807) is 0 Å². The number of rotatable bonds is 4. The fourth-order valence-corrected chi connectivity index (χ4v) is 0.931. The molecule has 1 atom stereocenters. The summed E-state index contributed by atoms with van der Waals surface area (Å²) in [5.74, 6) is -0.293. The Kier molecular flexibility index (Phi) is 4.33. The summed E-state index contributed by atoms with van der Waals surface area (Å²) in [5.41, 5.74) is 5.02. The minimum atomic E-state index is -0.387. The molecule has 0 saturated carbocycles. The SMILES string of the molecule is CC(=O)NC(CC(N)=O)C(C)C. The van der Waals surface area contributed by atoms with Crippen molar-refractivity contribution >= 4 is 11.8 Å². The van der Waals surface area contributed by atoms with Gasteiger partial charge in [0.2, 0.25) is 11.8 Å². The van der Waals surface area contributed by atoms with Crippen LogP contribution in [0.3, 0.4) is 0 Å². The van der Waals surface area contributed by atoms with E-state index in [1.807, 2.05) is 13.8 Å². The first-order valence-corrected chi connectivity index (χ1v) is 3.99. The van der Waals surface area contributed by atoms with Crippen LogP contribution in [0.25, 0.3) is 0 Å². The van der Waals surface area contributed by atoms with Crippen LogP contribution in [0.4, 0.5) is 0 Å². The summed E-state index contributed by atoms with van der Waals surface area (Å²) in [6, 6.07) is -0.139. The van der Waals surface area contributed by atoms with Crippen LogP contribution < -0.4 is 11.1 Å². The molecule has 4 heteroatoms. The number of hydrogen-bond donors (Lipinski definition) is 2. The lowest BCUT2D eigenvalue weighted by Gasteiger charge is -2.19. The minimum Gasteiger partial charge on any atom is -0.370 e. The number of nitrogens with two attached hydrogens (primary N) is 1. The molecule has 12 heavy (non-hydrogen) atoms. The molecule has 2 amide bonds. The predicted molar refractivity (Wildman–Crippen MR) is 46.3 cm³/mol. The van der Waals surface area contributed by atoms with Crippen molar-refractivity contribution in [3.63, 3.8) is 0 Å². The molecule has 70 valence electrons. The minimum absolute atomic E-state index is 0.130. The van der Waals surface area contributed by atoms with Crippen molar-refractivity contribution in [2.45, 2.75) is 33.2 Å². The lowest BCUT2D eigenvalue weighted by Crippen LogP contribution is -2.40. The zero-order chi connectivity index (χ0) is 9.72. The monoisotopic (exact) mass is 172 g/mol. The van der Waals surface area contributed by atoms with Gasteiger partial charge in [-0.25, -0.2) is 0 Å². The van der Waals surface area contributed by atoms with Crippen LogP contribution in [0, 0.1) is 5.92 Å². The van der Waals surface area contributed by atoms with Gasteiger partial charge in [-0.1, -0.05) is 13.8 Å². The van der Waals surface area contributed by atoms with E-state index in [2.05, 4.69) is 5.32 Å². The van der Waals surface area contributed by atoms with Gasteiger partial charge in [-0.15, -0.1) is 0 Å². The number of nitrogens with one attached hydrogen (secondary N) is 1. The quantitative estimate of drug-likeness (QED) is 0.627. The molecule has 0 aliphatic rings. The average Bonchev–Trinajstić information content (AvgIpc) is 1.83. The first-order valence-electron chi connectivity index (χ1n) is 3.99. The smallest absolute Gasteiger partial charge is 0.219 e. The van der Waals surface area contributed by atoms with Crippen molar-refractivity contribution in [3.8, 4) is 0 Å². The third kappa shape index (κ3) is 4.71. The predicted octanol–water partition coefficient (Wildman–Crippen LogP) is 0.0225. The van der Waals surface area contributed by atoms with Crippen LogP contribution in [0.2, 0.25) is 0 Å². The van der Waals surface area contributed by atoms with Gasteiger partial charge in [0.05, 0.1) is 0 Å². The number of primary amides is 1. The van der Waals surface area contributed by atoms with Crippen molar-refractivity contribution in [1.29, 1.82) is 0 Å². The van der Waals surface area contributed by atoms with Crippen LogP contribution in [0.5, 0.6) is 0 Å². The summed E-state index contributed by atoms with van der Waals surface area (Å²) in [5, 5.41) is 2.67. The Balaban J connectivity index is 4.04. The Hall–Kier alpha value is -1.06. The van der Waals surface area contributed by atoms with Crippen LogP contribution in [0.1, 0.15) is 27.2 Å². The lowest BCUT2D eigenvalue weighted by atomic mass is 10.0. The van der Waals surface area contributed by atoms with Gasteiger partial charge >= 0.3 is 0 Å². The maximum Gasteiger partial charge on any atom is 0.219 e. The average molecular weight is 172 g/mol. The van der Waals surface area contributed by atoms with Crippen LogP contribution in [-0.4, -0.2) is 17.9 Å². The van der Waals surface area contributed by atoms with Gasteiger partial charge < -0.3 is 11.1 Å². The summed E-state index contributed by atoms with van der Waals surface area (Å²) < 4.78 is 0. The topological polar surface area (TPSA) is 72.2 Å². The molecular weight excluding hydrogens is 156 g/mol. The summed E-state index contributed by atoms with van der Waals surface area (Å²) >= 11 is 0. The molecule has 1 unspecified atom stereocenters. The lowest BCUT2D eigenvalue weighted by molar-refractivity contribution is -0.121. The number of carbonyl (C=O) groups is 2. The van der Waals surface area contributed by atoms with Crippen LogP contribution in [0.15, 0.2) is 0 Å². The second-order valence-corrected chi connectivity index (χ2v) is 3.22. The molecule has 0 aromatic rings. The van der Waals surface area contributed by atoms with E-state index in [9.17, 15) is 9.59 Å². The highest BCUT2D eigenvalue weighted by atomic mass is 16.2. The second-order valence-electron chi connectivity index (χ2n) is 3.22. The molecule has 3 N–H and O–H groups in total. The van der Waals surface area contributed by atoms with Gasteiger partial charge in [0.25, 0.3) is 0 Å². The van der Waals surface area contributed by atoms with E-state index in [1.165, 1.54) is 6.92 Å². The van der Waals surface area contributed by atoms with E-state index < -0.39 is 0 Å². The molecule has 0 aliphatic heterocycles. The van der Waals surface area contributed by atoms with Crippen molar-refractivity contribution in [3.05, 3.63) is 0 Å². The van der Waals surface area contributed by atoms with Crippen molar-refractivity contribution in [2.24, 2.45) is 11.7 Å². The van der Waals surface area contributed by atoms with Gasteiger partial charge in [0.1, 0.15) is 0 Å². The van der Waals surface area contributed by atoms with Crippen molar-refractivity contribution in [1.82, 2.24) is 5.32 Å². The highest BCUT2D eigenvalue weighted by Gasteiger charge is 2.16. The van der Waals surface area contributed by atoms with E-state index in [0.717, 1.165) is 0 Å². The summed E-state index contributed by atoms with van der Waals surface area (Å²) in [4.78, 5) is 21.2. The first-order chi connectivity index (χ1) is 5.43. The molecule has 0 heterocycles. The van der Waals surface area contributed by atoms with Crippen molar-refractivity contribution < 1.29 is 9.59 Å². The largest absolute Gasteiger partial charge is 0.370 e. The number of carbonyl (C=O) groups excluding carboxylic acids is 2. The first kappa shape index (κ1) is 10.9. The number of amides is 2. The molecule has 0 bridgehead atoms. The van der Waals surface area contributed by atoms with Crippen LogP contribution >= 0.6 is 0 Å². The normalized spacial score (nSPS) is 12.7.